The first-order valence-corrected chi connectivity index (χ1v) is 6.06. The highest BCUT2D eigenvalue weighted by Gasteiger charge is 2.06. The fourth-order valence-corrected chi connectivity index (χ4v) is 1.91. The van der Waals surface area contributed by atoms with Crippen molar-refractivity contribution in [3.05, 3.63) is 29.8 Å². The Morgan fingerprint density at radius 2 is 1.93 bits per heavy atom. The molecule has 3 nitrogen and oxygen atoms in total. The van der Waals surface area contributed by atoms with Crippen molar-refractivity contribution in [2.45, 2.75) is 31.6 Å². The number of hydrogen-bond acceptors (Lipinski definition) is 2. The predicted octanol–water partition coefficient (Wildman–Crippen LogP) is 1.93. The number of nitrogens with one attached hydrogen (secondary N) is 1. The first-order chi connectivity index (χ1) is 7.13. The van der Waals surface area contributed by atoms with E-state index in [1.807, 2.05) is 26.0 Å². The average Bonchev–Trinajstić information content (AvgIpc) is 2.18. The summed E-state index contributed by atoms with van der Waals surface area (Å²) in [6.07, 6.45) is 1.18. The maximum Gasteiger partial charge on any atom is 0.231 e. The smallest absolute Gasteiger partial charge is 0.231 e. The van der Waals surface area contributed by atoms with Gasteiger partial charge in [0, 0.05) is 6.42 Å². The molecule has 1 amide bonds. The molecule has 0 aliphatic carbocycles. The summed E-state index contributed by atoms with van der Waals surface area (Å²) < 4.78 is 14.1. The van der Waals surface area contributed by atoms with E-state index in [1.165, 1.54) is 0 Å². The lowest BCUT2D eigenvalue weighted by atomic mass is 10.2. The summed E-state index contributed by atoms with van der Waals surface area (Å²) in [6, 6.07) is 7.27. The fraction of sp³-hybridized carbons (Fsp3) is 0.364. The molecule has 0 unspecified atom stereocenters. The van der Waals surface area contributed by atoms with E-state index in [0.717, 1.165) is 12.0 Å². The second-order valence-electron chi connectivity index (χ2n) is 3.36. The van der Waals surface area contributed by atoms with Gasteiger partial charge in [0.15, 0.2) is 11.0 Å². The van der Waals surface area contributed by atoms with Crippen molar-refractivity contribution in [2.24, 2.45) is 0 Å². The van der Waals surface area contributed by atoms with Gasteiger partial charge in [0.1, 0.15) is 0 Å². The number of carbonyl (C=O) groups excluding carboxylic acids is 1. The Balaban J connectivity index is 2.61. The predicted molar refractivity (Wildman–Crippen MR) is 60.6 cm³/mol. The van der Waals surface area contributed by atoms with E-state index in [4.69, 9.17) is 0 Å². The zero-order chi connectivity index (χ0) is 11.3. The molecule has 0 bridgehead atoms. The van der Waals surface area contributed by atoms with Crippen molar-refractivity contribution < 1.29 is 9.00 Å². The third kappa shape index (κ3) is 3.83. The average molecular weight is 225 g/mol. The standard InChI is InChI=1S/C11H15NO2S/c1-3-4-11(13)12-15(14)10-7-5-9(2)6-8-10/h5-8H,3-4H2,1-2H3,(H,12,13)/t15-/m0/s1. The molecular weight excluding hydrogens is 210 g/mol. The van der Waals surface area contributed by atoms with Crippen LogP contribution in [0.3, 0.4) is 0 Å². The summed E-state index contributed by atoms with van der Waals surface area (Å²) in [5.74, 6) is -0.170. The van der Waals surface area contributed by atoms with Gasteiger partial charge in [0.05, 0.1) is 4.90 Å². The van der Waals surface area contributed by atoms with E-state index in [9.17, 15) is 9.00 Å². The van der Waals surface area contributed by atoms with Crippen molar-refractivity contribution in [1.29, 1.82) is 0 Å². The lowest BCUT2D eigenvalue weighted by molar-refractivity contribution is -0.119. The lowest BCUT2D eigenvalue weighted by Gasteiger charge is -2.04. The van der Waals surface area contributed by atoms with Crippen LogP contribution in [0.25, 0.3) is 0 Å². The number of rotatable bonds is 4. The normalized spacial score (nSPS) is 12.1. The van der Waals surface area contributed by atoms with E-state index in [-0.39, 0.29) is 5.91 Å². The Labute approximate surface area is 92.5 Å². The Kier molecular flexibility index (Phi) is 4.49. The molecule has 0 aliphatic heterocycles. The van der Waals surface area contributed by atoms with Gasteiger partial charge in [-0.15, -0.1) is 0 Å². The largest absolute Gasteiger partial charge is 0.274 e. The van der Waals surface area contributed by atoms with Gasteiger partial charge in [-0.25, -0.2) is 4.21 Å². The van der Waals surface area contributed by atoms with E-state index in [1.54, 1.807) is 12.1 Å². The van der Waals surface area contributed by atoms with Gasteiger partial charge in [-0.1, -0.05) is 24.6 Å². The van der Waals surface area contributed by atoms with Crippen molar-refractivity contribution >= 4 is 16.9 Å². The van der Waals surface area contributed by atoms with Crippen LogP contribution in [0.2, 0.25) is 0 Å². The molecule has 0 radical (unpaired) electrons. The van der Waals surface area contributed by atoms with Gasteiger partial charge < -0.3 is 0 Å². The van der Waals surface area contributed by atoms with Gasteiger partial charge in [0.2, 0.25) is 5.91 Å². The van der Waals surface area contributed by atoms with Gasteiger partial charge in [0.25, 0.3) is 0 Å². The van der Waals surface area contributed by atoms with E-state index in [2.05, 4.69) is 4.72 Å². The minimum absolute atomic E-state index is 0.170. The Hall–Kier alpha value is -1.16. The number of amides is 1. The van der Waals surface area contributed by atoms with Crippen LogP contribution in [0.5, 0.6) is 0 Å². The van der Waals surface area contributed by atoms with Crippen LogP contribution in [-0.2, 0) is 15.8 Å². The molecule has 1 aromatic rings. The van der Waals surface area contributed by atoms with E-state index < -0.39 is 11.0 Å². The highest BCUT2D eigenvalue weighted by Crippen LogP contribution is 2.06. The van der Waals surface area contributed by atoms with Crippen LogP contribution in [-0.4, -0.2) is 10.1 Å². The minimum Gasteiger partial charge on any atom is -0.274 e. The molecule has 0 heterocycles. The molecule has 15 heavy (non-hydrogen) atoms. The van der Waals surface area contributed by atoms with Crippen LogP contribution in [0.4, 0.5) is 0 Å². The molecular formula is C11H15NO2S. The summed E-state index contributed by atoms with van der Waals surface area (Å²) >= 11 is 0. The lowest BCUT2D eigenvalue weighted by Crippen LogP contribution is -2.25. The first-order valence-electron chi connectivity index (χ1n) is 4.91. The molecule has 0 aromatic heterocycles. The quantitative estimate of drug-likeness (QED) is 0.851. The van der Waals surface area contributed by atoms with Crippen molar-refractivity contribution in [3.63, 3.8) is 0 Å². The number of aryl methyl sites for hydroxylation is 1. The van der Waals surface area contributed by atoms with Crippen molar-refractivity contribution in [3.8, 4) is 0 Å². The topological polar surface area (TPSA) is 46.2 Å². The molecule has 0 saturated heterocycles. The van der Waals surface area contributed by atoms with Crippen molar-refractivity contribution in [2.75, 3.05) is 0 Å². The third-order valence-electron chi connectivity index (χ3n) is 1.92. The number of carbonyl (C=O) groups is 1. The van der Waals surface area contributed by atoms with Gasteiger partial charge in [-0.05, 0) is 25.5 Å². The fourth-order valence-electron chi connectivity index (χ4n) is 1.10. The van der Waals surface area contributed by atoms with Crippen LogP contribution >= 0.6 is 0 Å². The van der Waals surface area contributed by atoms with Crippen LogP contribution < -0.4 is 4.72 Å². The molecule has 0 fully saturated rings. The third-order valence-corrected chi connectivity index (χ3v) is 3.03. The van der Waals surface area contributed by atoms with Gasteiger partial charge >= 0.3 is 0 Å². The Morgan fingerprint density at radius 3 is 2.47 bits per heavy atom. The molecule has 0 aliphatic rings. The number of benzene rings is 1. The van der Waals surface area contributed by atoms with Crippen LogP contribution in [0, 0.1) is 6.92 Å². The number of hydrogen-bond donors (Lipinski definition) is 1. The highest BCUT2D eigenvalue weighted by molar-refractivity contribution is 7.83. The van der Waals surface area contributed by atoms with Crippen LogP contribution in [0.15, 0.2) is 29.2 Å². The summed E-state index contributed by atoms with van der Waals surface area (Å²) in [5, 5.41) is 0. The van der Waals surface area contributed by atoms with E-state index >= 15 is 0 Å². The monoisotopic (exact) mass is 225 g/mol. The summed E-state index contributed by atoms with van der Waals surface area (Å²) in [7, 11) is -1.42. The minimum atomic E-state index is -1.42. The zero-order valence-corrected chi connectivity index (χ0v) is 9.76. The summed E-state index contributed by atoms with van der Waals surface area (Å²) in [4.78, 5) is 11.8. The van der Waals surface area contributed by atoms with Crippen LogP contribution in [0.1, 0.15) is 25.3 Å². The molecule has 1 aromatic carbocycles. The second-order valence-corrected chi connectivity index (χ2v) is 4.57. The summed E-state index contributed by atoms with van der Waals surface area (Å²) in [6.45, 7) is 3.87. The van der Waals surface area contributed by atoms with Gasteiger partial charge in [-0.3, -0.25) is 9.52 Å². The maximum absolute atomic E-state index is 11.6. The molecule has 1 rings (SSSR count). The zero-order valence-electron chi connectivity index (χ0n) is 8.95. The molecule has 0 spiro atoms. The Bertz CT molecular complexity index is 359. The molecule has 82 valence electrons. The second kappa shape index (κ2) is 5.66. The first kappa shape index (κ1) is 11.9. The summed E-state index contributed by atoms with van der Waals surface area (Å²) in [5.41, 5.74) is 1.11. The molecule has 0 saturated carbocycles. The SMILES string of the molecule is CCCC(=O)N[S@@](=O)c1ccc(C)cc1. The molecule has 1 N–H and O–H groups in total. The van der Waals surface area contributed by atoms with E-state index in [0.29, 0.717) is 11.3 Å². The molecule has 1 atom stereocenters. The van der Waals surface area contributed by atoms with Gasteiger partial charge in [-0.2, -0.15) is 0 Å². The van der Waals surface area contributed by atoms with Crippen molar-refractivity contribution in [1.82, 2.24) is 4.72 Å². The molecule has 4 heteroatoms. The Morgan fingerprint density at radius 1 is 1.33 bits per heavy atom. The highest BCUT2D eigenvalue weighted by atomic mass is 32.2. The maximum atomic E-state index is 11.6.